The average molecular weight is 249 g/mol. The van der Waals surface area contributed by atoms with Crippen LogP contribution in [0.3, 0.4) is 0 Å². The molecule has 0 spiro atoms. The first-order valence-corrected chi connectivity index (χ1v) is 6.54. The van der Waals surface area contributed by atoms with Crippen molar-refractivity contribution in [2.45, 2.75) is 26.7 Å². The Balaban J connectivity index is 2.70. The molecule has 0 heterocycles. The van der Waals surface area contributed by atoms with Crippen LogP contribution in [0.15, 0.2) is 24.3 Å². The first-order valence-electron chi connectivity index (χ1n) is 6.54. The number of ether oxygens (including phenoxy) is 1. The van der Waals surface area contributed by atoms with Crippen LogP contribution in [0.1, 0.15) is 35.7 Å². The third-order valence-electron chi connectivity index (χ3n) is 2.93. The fraction of sp³-hybridized carbons (Fsp3) is 0.533. The summed E-state index contributed by atoms with van der Waals surface area (Å²) in [5, 5.41) is 0. The van der Waals surface area contributed by atoms with Gasteiger partial charge in [0.15, 0.2) is 0 Å². The lowest BCUT2D eigenvalue weighted by Gasteiger charge is -2.22. The molecule has 0 aliphatic rings. The van der Waals surface area contributed by atoms with Gasteiger partial charge in [0.1, 0.15) is 0 Å². The summed E-state index contributed by atoms with van der Waals surface area (Å²) in [5.41, 5.74) is 1.93. The molecule has 18 heavy (non-hydrogen) atoms. The number of rotatable bonds is 7. The van der Waals surface area contributed by atoms with Crippen LogP contribution in [-0.2, 0) is 4.74 Å². The Kier molecular flexibility index (Phi) is 6.44. The minimum atomic E-state index is 0.0977. The number of aryl methyl sites for hydroxylation is 1. The minimum Gasteiger partial charge on any atom is -0.383 e. The molecule has 1 aromatic rings. The number of carbonyl (C=O) groups excluding carboxylic acids is 1. The van der Waals surface area contributed by atoms with Gasteiger partial charge in [0.2, 0.25) is 0 Å². The molecule has 3 heteroatoms. The van der Waals surface area contributed by atoms with Gasteiger partial charge in [-0.2, -0.15) is 0 Å². The predicted molar refractivity (Wildman–Crippen MR) is 73.9 cm³/mol. The topological polar surface area (TPSA) is 29.5 Å². The van der Waals surface area contributed by atoms with Crippen molar-refractivity contribution in [1.82, 2.24) is 4.90 Å². The van der Waals surface area contributed by atoms with E-state index >= 15 is 0 Å². The van der Waals surface area contributed by atoms with Crippen LogP contribution in [0.25, 0.3) is 0 Å². The summed E-state index contributed by atoms with van der Waals surface area (Å²) in [4.78, 5) is 14.2. The minimum absolute atomic E-state index is 0.0977. The van der Waals surface area contributed by atoms with Crippen molar-refractivity contribution in [3.05, 3.63) is 35.4 Å². The highest BCUT2D eigenvalue weighted by Crippen LogP contribution is 2.08. The zero-order valence-corrected chi connectivity index (χ0v) is 11.6. The van der Waals surface area contributed by atoms with Gasteiger partial charge in [-0.1, -0.05) is 31.0 Å². The number of nitrogens with zero attached hydrogens (tertiary/aromatic N) is 1. The van der Waals surface area contributed by atoms with Crippen LogP contribution in [0.2, 0.25) is 0 Å². The molecule has 0 bridgehead atoms. The summed E-state index contributed by atoms with van der Waals surface area (Å²) < 4.78 is 5.06. The molecule has 1 amide bonds. The van der Waals surface area contributed by atoms with E-state index in [1.54, 1.807) is 7.11 Å². The van der Waals surface area contributed by atoms with E-state index in [2.05, 4.69) is 6.92 Å². The fourth-order valence-corrected chi connectivity index (χ4v) is 1.74. The lowest BCUT2D eigenvalue weighted by atomic mass is 10.1. The van der Waals surface area contributed by atoms with Crippen LogP contribution in [0.5, 0.6) is 0 Å². The smallest absolute Gasteiger partial charge is 0.253 e. The lowest BCUT2D eigenvalue weighted by Crippen LogP contribution is -2.34. The van der Waals surface area contributed by atoms with Crippen LogP contribution in [0.4, 0.5) is 0 Å². The highest BCUT2D eigenvalue weighted by Gasteiger charge is 2.14. The molecule has 0 aliphatic carbocycles. The Morgan fingerprint density at radius 1 is 1.22 bits per heavy atom. The maximum Gasteiger partial charge on any atom is 0.253 e. The molecule has 3 nitrogen and oxygen atoms in total. The van der Waals surface area contributed by atoms with Gasteiger partial charge in [-0.15, -0.1) is 0 Å². The molecule has 0 aromatic heterocycles. The number of carbonyl (C=O) groups is 1. The average Bonchev–Trinajstić information content (AvgIpc) is 2.39. The van der Waals surface area contributed by atoms with E-state index in [9.17, 15) is 4.79 Å². The summed E-state index contributed by atoms with van der Waals surface area (Å²) in [6, 6.07) is 7.73. The molecule has 0 radical (unpaired) electrons. The van der Waals surface area contributed by atoms with Gasteiger partial charge in [-0.3, -0.25) is 4.79 Å². The molecule has 100 valence electrons. The van der Waals surface area contributed by atoms with Crippen molar-refractivity contribution in [1.29, 1.82) is 0 Å². The Hall–Kier alpha value is -1.35. The van der Waals surface area contributed by atoms with Gasteiger partial charge >= 0.3 is 0 Å². The summed E-state index contributed by atoms with van der Waals surface area (Å²) in [6.45, 7) is 6.19. The van der Waals surface area contributed by atoms with E-state index in [0.717, 1.165) is 24.9 Å². The molecule has 0 fully saturated rings. The van der Waals surface area contributed by atoms with Crippen LogP contribution in [0, 0.1) is 6.92 Å². The molecule has 1 rings (SSSR count). The van der Waals surface area contributed by atoms with Crippen LogP contribution < -0.4 is 0 Å². The number of amides is 1. The van der Waals surface area contributed by atoms with E-state index in [1.165, 1.54) is 5.56 Å². The zero-order chi connectivity index (χ0) is 13.4. The van der Waals surface area contributed by atoms with Crippen molar-refractivity contribution < 1.29 is 9.53 Å². The first kappa shape index (κ1) is 14.7. The van der Waals surface area contributed by atoms with Crippen LogP contribution >= 0.6 is 0 Å². The van der Waals surface area contributed by atoms with Gasteiger partial charge < -0.3 is 9.64 Å². The SMILES string of the molecule is CCCCN(CCOC)C(=O)c1ccc(C)cc1. The summed E-state index contributed by atoms with van der Waals surface area (Å²) in [5.74, 6) is 0.0977. The molecule has 0 N–H and O–H groups in total. The fourth-order valence-electron chi connectivity index (χ4n) is 1.74. The van der Waals surface area contributed by atoms with Gasteiger partial charge in [-0.25, -0.2) is 0 Å². The molecular weight excluding hydrogens is 226 g/mol. The monoisotopic (exact) mass is 249 g/mol. The van der Waals surface area contributed by atoms with E-state index in [-0.39, 0.29) is 5.91 Å². The highest BCUT2D eigenvalue weighted by atomic mass is 16.5. The Morgan fingerprint density at radius 2 is 1.89 bits per heavy atom. The molecule has 0 aliphatic heterocycles. The summed E-state index contributed by atoms with van der Waals surface area (Å²) >= 11 is 0. The van der Waals surface area contributed by atoms with Crippen molar-refractivity contribution >= 4 is 5.91 Å². The number of unbranched alkanes of at least 4 members (excludes halogenated alkanes) is 1. The number of methoxy groups -OCH3 is 1. The third-order valence-corrected chi connectivity index (χ3v) is 2.93. The first-order chi connectivity index (χ1) is 8.69. The van der Waals surface area contributed by atoms with Gasteiger partial charge in [0.05, 0.1) is 6.61 Å². The van der Waals surface area contributed by atoms with Crippen molar-refractivity contribution in [2.75, 3.05) is 26.8 Å². The number of benzene rings is 1. The summed E-state index contributed by atoms with van der Waals surface area (Å²) in [6.07, 6.45) is 2.12. The van der Waals surface area contributed by atoms with Crippen molar-refractivity contribution in [3.8, 4) is 0 Å². The second-order valence-corrected chi connectivity index (χ2v) is 4.50. The lowest BCUT2D eigenvalue weighted by molar-refractivity contribution is 0.0693. The molecule has 0 unspecified atom stereocenters. The largest absolute Gasteiger partial charge is 0.383 e. The van der Waals surface area contributed by atoms with Crippen molar-refractivity contribution in [2.24, 2.45) is 0 Å². The Labute approximate surface area is 110 Å². The third kappa shape index (κ3) is 4.49. The second-order valence-electron chi connectivity index (χ2n) is 4.50. The van der Waals surface area contributed by atoms with E-state index in [4.69, 9.17) is 4.74 Å². The van der Waals surface area contributed by atoms with Crippen molar-refractivity contribution in [3.63, 3.8) is 0 Å². The maximum absolute atomic E-state index is 12.3. The van der Waals surface area contributed by atoms with Crippen LogP contribution in [-0.4, -0.2) is 37.6 Å². The van der Waals surface area contributed by atoms with E-state index in [0.29, 0.717) is 13.2 Å². The molecule has 0 saturated heterocycles. The van der Waals surface area contributed by atoms with E-state index < -0.39 is 0 Å². The highest BCUT2D eigenvalue weighted by molar-refractivity contribution is 5.94. The van der Waals surface area contributed by atoms with Gasteiger partial charge in [-0.05, 0) is 25.5 Å². The molecule has 1 aromatic carbocycles. The van der Waals surface area contributed by atoms with E-state index in [1.807, 2.05) is 36.1 Å². The molecule has 0 atom stereocenters. The van der Waals surface area contributed by atoms with Gasteiger partial charge in [0, 0.05) is 25.8 Å². The normalized spacial score (nSPS) is 10.4. The zero-order valence-electron chi connectivity index (χ0n) is 11.6. The standard InChI is InChI=1S/C15H23NO2/c1-4-5-10-16(11-12-18-3)15(17)14-8-6-13(2)7-9-14/h6-9H,4-5,10-12H2,1-3H3. The number of hydrogen-bond donors (Lipinski definition) is 0. The maximum atomic E-state index is 12.3. The quantitative estimate of drug-likeness (QED) is 0.743. The Morgan fingerprint density at radius 3 is 2.44 bits per heavy atom. The number of hydrogen-bond acceptors (Lipinski definition) is 2. The molecule has 0 saturated carbocycles. The Bertz CT molecular complexity index is 351. The molecular formula is C15H23NO2. The summed E-state index contributed by atoms with van der Waals surface area (Å²) in [7, 11) is 1.66. The predicted octanol–water partition coefficient (Wildman–Crippen LogP) is 2.88. The second kappa shape index (κ2) is 7.88. The van der Waals surface area contributed by atoms with Gasteiger partial charge in [0.25, 0.3) is 5.91 Å².